The van der Waals surface area contributed by atoms with E-state index in [1.165, 1.54) is 12.1 Å². The van der Waals surface area contributed by atoms with E-state index in [-0.39, 0.29) is 12.3 Å². The number of alkyl halides is 3. The number of amides is 1. The lowest BCUT2D eigenvalue weighted by Crippen LogP contribution is -2.41. The Balaban J connectivity index is 1.60. The molecule has 1 aromatic rings. The maximum absolute atomic E-state index is 12.4. The van der Waals surface area contributed by atoms with E-state index in [4.69, 9.17) is 4.74 Å². The number of carbonyl (C=O) groups is 1. The minimum absolute atomic E-state index is 0.0809. The minimum Gasteiger partial charge on any atom is -0.385 e. The molecule has 2 rings (SSSR count). The van der Waals surface area contributed by atoms with Gasteiger partial charge in [0.05, 0.1) is 18.8 Å². The molecule has 0 radical (unpaired) electrons. The van der Waals surface area contributed by atoms with Crippen LogP contribution in [0.1, 0.15) is 12.0 Å². The second-order valence-electron chi connectivity index (χ2n) is 5.56. The van der Waals surface area contributed by atoms with E-state index in [0.717, 1.165) is 45.0 Å². The van der Waals surface area contributed by atoms with Gasteiger partial charge in [-0.3, -0.25) is 9.69 Å². The fourth-order valence-electron chi connectivity index (χ4n) is 2.36. The molecule has 1 saturated heterocycles. The number of morpholine rings is 1. The number of nitrogens with zero attached hydrogens (tertiary/aromatic N) is 1. The van der Waals surface area contributed by atoms with E-state index < -0.39 is 11.7 Å². The maximum Gasteiger partial charge on any atom is 0.416 e. The zero-order valence-electron chi connectivity index (χ0n) is 13.4. The minimum atomic E-state index is -4.33. The van der Waals surface area contributed by atoms with E-state index in [0.29, 0.717) is 18.8 Å². The molecule has 24 heavy (non-hydrogen) atoms. The van der Waals surface area contributed by atoms with Gasteiger partial charge in [-0.2, -0.15) is 13.2 Å². The van der Waals surface area contributed by atoms with E-state index >= 15 is 0 Å². The van der Waals surface area contributed by atoms with Crippen molar-refractivity contribution in [3.8, 4) is 0 Å². The molecule has 0 saturated carbocycles. The maximum atomic E-state index is 12.4. The average Bonchev–Trinajstić information content (AvgIpc) is 2.55. The van der Waals surface area contributed by atoms with Crippen LogP contribution in [0.2, 0.25) is 0 Å². The van der Waals surface area contributed by atoms with Crippen molar-refractivity contribution < 1.29 is 22.7 Å². The molecule has 134 valence electrons. The number of carbonyl (C=O) groups excluding carboxylic acids is 1. The monoisotopic (exact) mass is 345 g/mol. The van der Waals surface area contributed by atoms with Crippen molar-refractivity contribution in [3.05, 3.63) is 29.8 Å². The Morgan fingerprint density at radius 2 is 1.79 bits per heavy atom. The molecule has 1 amide bonds. The molecule has 0 unspecified atom stereocenters. The second kappa shape index (κ2) is 8.89. The molecule has 5 nitrogen and oxygen atoms in total. The molecule has 1 fully saturated rings. The van der Waals surface area contributed by atoms with Crippen molar-refractivity contribution in [1.82, 2.24) is 10.2 Å². The SMILES string of the molecule is O=C(CCNc1ccc(C(F)(F)F)cc1)NCCN1CCOCC1. The molecule has 1 aliphatic heterocycles. The molecule has 0 aromatic heterocycles. The number of anilines is 1. The van der Waals surface area contributed by atoms with E-state index in [2.05, 4.69) is 15.5 Å². The summed E-state index contributed by atoms with van der Waals surface area (Å²) in [6.07, 6.45) is -4.07. The van der Waals surface area contributed by atoms with Crippen molar-refractivity contribution in [1.29, 1.82) is 0 Å². The van der Waals surface area contributed by atoms with Crippen LogP contribution >= 0.6 is 0 Å². The van der Waals surface area contributed by atoms with Crippen LogP contribution in [0.3, 0.4) is 0 Å². The second-order valence-corrected chi connectivity index (χ2v) is 5.56. The van der Waals surface area contributed by atoms with Gasteiger partial charge >= 0.3 is 6.18 Å². The van der Waals surface area contributed by atoms with Crippen LogP contribution in [0, 0.1) is 0 Å². The Morgan fingerprint density at radius 3 is 2.42 bits per heavy atom. The van der Waals surface area contributed by atoms with Gasteiger partial charge in [-0.25, -0.2) is 0 Å². The van der Waals surface area contributed by atoms with Crippen LogP contribution in [0.15, 0.2) is 24.3 Å². The van der Waals surface area contributed by atoms with Crippen LogP contribution in [0.25, 0.3) is 0 Å². The molecule has 2 N–H and O–H groups in total. The van der Waals surface area contributed by atoms with Gasteiger partial charge in [0.15, 0.2) is 0 Å². The van der Waals surface area contributed by atoms with Gasteiger partial charge in [0.25, 0.3) is 0 Å². The quantitative estimate of drug-likeness (QED) is 0.793. The molecular formula is C16H22F3N3O2. The Bertz CT molecular complexity index is 514. The van der Waals surface area contributed by atoms with Gasteiger partial charge in [0.2, 0.25) is 5.91 Å². The fourth-order valence-corrected chi connectivity index (χ4v) is 2.36. The summed E-state index contributed by atoms with van der Waals surface area (Å²) in [5.41, 5.74) is -0.127. The lowest BCUT2D eigenvalue weighted by Gasteiger charge is -2.26. The number of benzene rings is 1. The molecule has 8 heteroatoms. The lowest BCUT2D eigenvalue weighted by atomic mass is 10.2. The number of ether oxygens (including phenoxy) is 1. The first-order valence-corrected chi connectivity index (χ1v) is 7.93. The number of hydrogen-bond donors (Lipinski definition) is 2. The first-order valence-electron chi connectivity index (χ1n) is 7.93. The van der Waals surface area contributed by atoms with E-state index in [9.17, 15) is 18.0 Å². The number of halogens is 3. The van der Waals surface area contributed by atoms with Crippen molar-refractivity contribution in [2.75, 3.05) is 51.3 Å². The first-order chi connectivity index (χ1) is 11.4. The van der Waals surface area contributed by atoms with Gasteiger partial charge in [-0.15, -0.1) is 0 Å². The molecular weight excluding hydrogens is 323 g/mol. The molecule has 0 spiro atoms. The highest BCUT2D eigenvalue weighted by atomic mass is 19.4. The largest absolute Gasteiger partial charge is 0.416 e. The summed E-state index contributed by atoms with van der Waals surface area (Å²) in [6, 6.07) is 4.76. The third-order valence-corrected chi connectivity index (χ3v) is 3.75. The van der Waals surface area contributed by atoms with E-state index in [1.807, 2.05) is 0 Å². The highest BCUT2D eigenvalue weighted by Crippen LogP contribution is 2.29. The zero-order chi connectivity index (χ0) is 17.4. The summed E-state index contributed by atoms with van der Waals surface area (Å²) in [4.78, 5) is 13.9. The molecule has 0 aliphatic carbocycles. The lowest BCUT2D eigenvalue weighted by molar-refractivity contribution is -0.137. The van der Waals surface area contributed by atoms with Crippen LogP contribution in [-0.4, -0.2) is 56.7 Å². The van der Waals surface area contributed by atoms with Crippen LogP contribution in [0.5, 0.6) is 0 Å². The van der Waals surface area contributed by atoms with Crippen molar-refractivity contribution in [2.24, 2.45) is 0 Å². The van der Waals surface area contributed by atoms with E-state index in [1.54, 1.807) is 0 Å². The Hall–Kier alpha value is -1.80. The van der Waals surface area contributed by atoms with Gasteiger partial charge in [-0.1, -0.05) is 0 Å². The normalized spacial score (nSPS) is 16.0. The third kappa shape index (κ3) is 6.37. The summed E-state index contributed by atoms with van der Waals surface area (Å²) in [7, 11) is 0. The highest BCUT2D eigenvalue weighted by molar-refractivity contribution is 5.76. The summed E-state index contributed by atoms with van der Waals surface area (Å²) >= 11 is 0. The molecule has 1 heterocycles. The predicted octanol–water partition coefficient (Wildman–Crippen LogP) is 1.96. The van der Waals surface area contributed by atoms with Crippen LogP contribution in [-0.2, 0) is 15.7 Å². The molecule has 1 aromatic carbocycles. The standard InChI is InChI=1S/C16H22F3N3O2/c17-16(18,19)13-1-3-14(4-2-13)20-6-5-15(23)21-7-8-22-9-11-24-12-10-22/h1-4,20H,5-12H2,(H,21,23). The Labute approximate surface area is 139 Å². The summed E-state index contributed by atoms with van der Waals surface area (Å²) in [5, 5.41) is 5.77. The van der Waals surface area contributed by atoms with Crippen LogP contribution < -0.4 is 10.6 Å². The molecule has 1 aliphatic rings. The summed E-state index contributed by atoms with van der Waals surface area (Å²) in [6.45, 7) is 4.96. The van der Waals surface area contributed by atoms with Gasteiger partial charge in [0, 0.05) is 44.8 Å². The van der Waals surface area contributed by atoms with Gasteiger partial charge in [0.1, 0.15) is 0 Å². The predicted molar refractivity (Wildman–Crippen MR) is 84.8 cm³/mol. The topological polar surface area (TPSA) is 53.6 Å². The summed E-state index contributed by atoms with van der Waals surface area (Å²) < 4.78 is 42.6. The van der Waals surface area contributed by atoms with Crippen LogP contribution in [0.4, 0.5) is 18.9 Å². The van der Waals surface area contributed by atoms with Crippen molar-refractivity contribution >= 4 is 11.6 Å². The molecule has 0 bridgehead atoms. The Morgan fingerprint density at radius 1 is 1.12 bits per heavy atom. The average molecular weight is 345 g/mol. The zero-order valence-corrected chi connectivity index (χ0v) is 13.4. The smallest absolute Gasteiger partial charge is 0.385 e. The number of rotatable bonds is 7. The third-order valence-electron chi connectivity index (χ3n) is 3.75. The molecule has 0 atom stereocenters. The number of hydrogen-bond acceptors (Lipinski definition) is 4. The Kier molecular flexibility index (Phi) is 6.86. The van der Waals surface area contributed by atoms with Crippen molar-refractivity contribution in [2.45, 2.75) is 12.6 Å². The number of nitrogens with one attached hydrogen (secondary N) is 2. The van der Waals surface area contributed by atoms with Gasteiger partial charge < -0.3 is 15.4 Å². The first kappa shape index (κ1) is 18.5. The van der Waals surface area contributed by atoms with Crippen molar-refractivity contribution in [3.63, 3.8) is 0 Å². The summed E-state index contributed by atoms with van der Waals surface area (Å²) in [5.74, 6) is -0.0809. The fraction of sp³-hybridized carbons (Fsp3) is 0.562. The van der Waals surface area contributed by atoms with Gasteiger partial charge in [-0.05, 0) is 24.3 Å². The highest BCUT2D eigenvalue weighted by Gasteiger charge is 2.29.